The van der Waals surface area contributed by atoms with Gasteiger partial charge in [0.05, 0.1) is 18.7 Å². The van der Waals surface area contributed by atoms with Crippen LogP contribution in [0.3, 0.4) is 0 Å². The summed E-state index contributed by atoms with van der Waals surface area (Å²) in [4.78, 5) is 0. The van der Waals surface area contributed by atoms with Crippen LogP contribution < -0.4 is 4.74 Å². The summed E-state index contributed by atoms with van der Waals surface area (Å²) in [6.07, 6.45) is 0. The third-order valence-electron chi connectivity index (χ3n) is 2.69. The van der Waals surface area contributed by atoms with E-state index in [0.717, 1.165) is 16.9 Å². The number of aryl methyl sites for hydroxylation is 1. The maximum Gasteiger partial charge on any atom is 0.128 e. The number of ether oxygens (including phenoxy) is 1. The highest BCUT2D eigenvalue weighted by Gasteiger charge is 2.06. The van der Waals surface area contributed by atoms with E-state index in [4.69, 9.17) is 10.00 Å². The largest absolute Gasteiger partial charge is 0.496 e. The molecular formula is C15H13NO. The first kappa shape index (κ1) is 11.2. The average molecular weight is 223 g/mol. The molecule has 2 aromatic rings. The maximum atomic E-state index is 8.85. The van der Waals surface area contributed by atoms with Gasteiger partial charge in [0.15, 0.2) is 0 Å². The molecule has 0 unspecified atom stereocenters. The van der Waals surface area contributed by atoms with Gasteiger partial charge in [0.2, 0.25) is 0 Å². The zero-order chi connectivity index (χ0) is 12.3. The molecular weight excluding hydrogens is 210 g/mol. The molecule has 0 aliphatic carbocycles. The summed E-state index contributed by atoms with van der Waals surface area (Å²) in [7, 11) is 1.62. The van der Waals surface area contributed by atoms with Crippen molar-refractivity contribution in [2.75, 3.05) is 7.11 Å². The quantitative estimate of drug-likeness (QED) is 0.780. The van der Waals surface area contributed by atoms with Crippen LogP contribution in [0.1, 0.15) is 11.1 Å². The third kappa shape index (κ3) is 2.29. The van der Waals surface area contributed by atoms with Crippen molar-refractivity contribution in [2.45, 2.75) is 6.92 Å². The molecule has 2 nitrogen and oxygen atoms in total. The van der Waals surface area contributed by atoms with Crippen LogP contribution >= 0.6 is 0 Å². The summed E-state index contributed by atoms with van der Waals surface area (Å²) in [6, 6.07) is 15.8. The van der Waals surface area contributed by atoms with E-state index < -0.39 is 0 Å². The molecule has 0 spiro atoms. The number of methoxy groups -OCH3 is 1. The molecule has 0 aliphatic rings. The number of hydrogen-bond acceptors (Lipinski definition) is 2. The van der Waals surface area contributed by atoms with E-state index in [0.29, 0.717) is 5.56 Å². The van der Waals surface area contributed by atoms with Gasteiger partial charge in [-0.15, -0.1) is 0 Å². The second-order valence-electron chi connectivity index (χ2n) is 3.89. The Bertz CT molecular complexity index is 564. The van der Waals surface area contributed by atoms with Gasteiger partial charge in [-0.2, -0.15) is 5.26 Å². The van der Waals surface area contributed by atoms with E-state index in [1.54, 1.807) is 19.2 Å². The van der Waals surface area contributed by atoms with Crippen molar-refractivity contribution >= 4 is 0 Å². The number of nitriles is 1. The van der Waals surface area contributed by atoms with E-state index in [9.17, 15) is 0 Å². The van der Waals surface area contributed by atoms with Crippen LogP contribution in [0, 0.1) is 18.3 Å². The van der Waals surface area contributed by atoms with E-state index >= 15 is 0 Å². The van der Waals surface area contributed by atoms with Crippen molar-refractivity contribution in [1.29, 1.82) is 5.26 Å². The summed E-state index contributed by atoms with van der Waals surface area (Å²) in [5.74, 6) is 0.730. The molecule has 0 heterocycles. The Balaban J connectivity index is 2.52. The first-order valence-corrected chi connectivity index (χ1v) is 5.40. The van der Waals surface area contributed by atoms with Crippen LogP contribution in [-0.2, 0) is 0 Å². The number of nitrogens with zero attached hydrogens (tertiary/aromatic N) is 1. The molecule has 2 aromatic carbocycles. The maximum absolute atomic E-state index is 8.85. The molecule has 2 rings (SSSR count). The SMILES string of the molecule is COc1cc(C#N)ccc1-c1ccc(C)cc1. The summed E-state index contributed by atoms with van der Waals surface area (Å²) >= 11 is 0. The highest BCUT2D eigenvalue weighted by Crippen LogP contribution is 2.30. The van der Waals surface area contributed by atoms with Crippen molar-refractivity contribution in [3.05, 3.63) is 53.6 Å². The average Bonchev–Trinajstić information content (AvgIpc) is 2.39. The van der Waals surface area contributed by atoms with Gasteiger partial charge in [0.1, 0.15) is 5.75 Å². The highest BCUT2D eigenvalue weighted by molar-refractivity contribution is 5.71. The third-order valence-corrected chi connectivity index (χ3v) is 2.69. The Kier molecular flexibility index (Phi) is 3.11. The summed E-state index contributed by atoms with van der Waals surface area (Å²) in [5, 5.41) is 8.85. The topological polar surface area (TPSA) is 33.0 Å². The van der Waals surface area contributed by atoms with Crippen LogP contribution in [0.4, 0.5) is 0 Å². The lowest BCUT2D eigenvalue weighted by atomic mass is 10.0. The standard InChI is InChI=1S/C15H13NO/c1-11-3-6-13(7-4-11)14-8-5-12(10-16)9-15(14)17-2/h3-9H,1-2H3. The Hall–Kier alpha value is -2.27. The van der Waals surface area contributed by atoms with Gasteiger partial charge in [-0.1, -0.05) is 29.8 Å². The van der Waals surface area contributed by atoms with Crippen molar-refractivity contribution in [3.8, 4) is 22.9 Å². The summed E-state index contributed by atoms with van der Waals surface area (Å²) in [6.45, 7) is 2.06. The van der Waals surface area contributed by atoms with E-state index in [2.05, 4.69) is 37.3 Å². The van der Waals surface area contributed by atoms with Crippen molar-refractivity contribution in [1.82, 2.24) is 0 Å². The van der Waals surface area contributed by atoms with Crippen molar-refractivity contribution < 1.29 is 4.74 Å². The van der Waals surface area contributed by atoms with Gasteiger partial charge in [-0.3, -0.25) is 0 Å². The van der Waals surface area contributed by atoms with Gasteiger partial charge in [-0.05, 0) is 30.7 Å². The number of benzene rings is 2. The zero-order valence-electron chi connectivity index (χ0n) is 9.90. The molecule has 17 heavy (non-hydrogen) atoms. The first-order valence-electron chi connectivity index (χ1n) is 5.40. The molecule has 0 aromatic heterocycles. The predicted molar refractivity (Wildman–Crippen MR) is 67.9 cm³/mol. The fraction of sp³-hybridized carbons (Fsp3) is 0.133. The molecule has 0 N–H and O–H groups in total. The van der Waals surface area contributed by atoms with Crippen LogP contribution in [0.2, 0.25) is 0 Å². The fourth-order valence-electron chi connectivity index (χ4n) is 1.73. The minimum Gasteiger partial charge on any atom is -0.496 e. The van der Waals surface area contributed by atoms with Crippen LogP contribution in [-0.4, -0.2) is 7.11 Å². The normalized spacial score (nSPS) is 9.71. The predicted octanol–water partition coefficient (Wildman–Crippen LogP) is 3.54. The molecule has 2 heteroatoms. The molecule has 0 amide bonds. The first-order chi connectivity index (χ1) is 8.24. The molecule has 0 saturated carbocycles. The Morgan fingerprint density at radius 3 is 2.35 bits per heavy atom. The summed E-state index contributed by atoms with van der Waals surface area (Å²) in [5.41, 5.74) is 3.93. The van der Waals surface area contributed by atoms with Gasteiger partial charge in [-0.25, -0.2) is 0 Å². The van der Waals surface area contributed by atoms with E-state index in [1.807, 2.05) is 6.07 Å². The monoisotopic (exact) mass is 223 g/mol. The molecule has 0 fully saturated rings. The smallest absolute Gasteiger partial charge is 0.128 e. The van der Waals surface area contributed by atoms with Crippen LogP contribution in [0.15, 0.2) is 42.5 Å². The van der Waals surface area contributed by atoms with Crippen molar-refractivity contribution in [2.24, 2.45) is 0 Å². The lowest BCUT2D eigenvalue weighted by Crippen LogP contribution is -1.89. The molecule has 0 bridgehead atoms. The van der Waals surface area contributed by atoms with Crippen LogP contribution in [0.5, 0.6) is 5.75 Å². The number of hydrogen-bond donors (Lipinski definition) is 0. The second-order valence-corrected chi connectivity index (χ2v) is 3.89. The van der Waals surface area contributed by atoms with Crippen molar-refractivity contribution in [3.63, 3.8) is 0 Å². The lowest BCUT2D eigenvalue weighted by Gasteiger charge is -2.09. The van der Waals surface area contributed by atoms with E-state index in [1.165, 1.54) is 5.56 Å². The highest BCUT2D eigenvalue weighted by atomic mass is 16.5. The van der Waals surface area contributed by atoms with Gasteiger partial charge >= 0.3 is 0 Å². The Morgan fingerprint density at radius 1 is 1.06 bits per heavy atom. The molecule has 0 saturated heterocycles. The van der Waals surface area contributed by atoms with E-state index in [-0.39, 0.29) is 0 Å². The molecule has 84 valence electrons. The second kappa shape index (κ2) is 4.71. The summed E-state index contributed by atoms with van der Waals surface area (Å²) < 4.78 is 5.32. The minimum atomic E-state index is 0.609. The Morgan fingerprint density at radius 2 is 1.76 bits per heavy atom. The Labute approximate surface area is 101 Å². The van der Waals surface area contributed by atoms with Gasteiger partial charge in [0, 0.05) is 5.56 Å². The minimum absolute atomic E-state index is 0.609. The van der Waals surface area contributed by atoms with Crippen LogP contribution in [0.25, 0.3) is 11.1 Å². The molecule has 0 aliphatic heterocycles. The van der Waals surface area contributed by atoms with Gasteiger partial charge < -0.3 is 4.74 Å². The lowest BCUT2D eigenvalue weighted by molar-refractivity contribution is 0.416. The number of rotatable bonds is 2. The fourth-order valence-corrected chi connectivity index (χ4v) is 1.73. The van der Waals surface area contributed by atoms with Gasteiger partial charge in [0.25, 0.3) is 0 Å². The molecule has 0 radical (unpaired) electrons. The zero-order valence-corrected chi connectivity index (χ0v) is 9.90. The molecule has 0 atom stereocenters.